The third kappa shape index (κ3) is 3.51. The molecular weight excluding hydrogens is 244 g/mol. The molecule has 0 saturated carbocycles. The van der Waals surface area contributed by atoms with Crippen molar-refractivity contribution in [1.82, 2.24) is 25.1 Å². The number of rotatable bonds is 3. The van der Waals surface area contributed by atoms with Crippen molar-refractivity contribution in [3.63, 3.8) is 0 Å². The van der Waals surface area contributed by atoms with Gasteiger partial charge in [0, 0.05) is 12.7 Å². The molecule has 19 heavy (non-hydrogen) atoms. The highest BCUT2D eigenvalue weighted by molar-refractivity contribution is 5.89. The van der Waals surface area contributed by atoms with Gasteiger partial charge in [0.1, 0.15) is 6.33 Å². The third-order valence-corrected chi connectivity index (χ3v) is 2.53. The molecule has 0 aliphatic rings. The van der Waals surface area contributed by atoms with Gasteiger partial charge in [0.05, 0.1) is 17.9 Å². The smallest absolute Gasteiger partial charge is 0.319 e. The lowest BCUT2D eigenvalue weighted by Crippen LogP contribution is -2.29. The van der Waals surface area contributed by atoms with E-state index < -0.39 is 0 Å². The van der Waals surface area contributed by atoms with E-state index in [0.29, 0.717) is 11.5 Å². The number of hydrogen-bond donors (Lipinski definition) is 2. The van der Waals surface area contributed by atoms with Gasteiger partial charge in [-0.2, -0.15) is 5.10 Å². The summed E-state index contributed by atoms with van der Waals surface area (Å²) in [5.74, 6) is 0.566. The van der Waals surface area contributed by atoms with Crippen LogP contribution in [0.15, 0.2) is 18.5 Å². The molecule has 0 fully saturated rings. The predicted molar refractivity (Wildman–Crippen MR) is 70.6 cm³/mol. The van der Waals surface area contributed by atoms with Gasteiger partial charge in [-0.3, -0.25) is 9.67 Å². The van der Waals surface area contributed by atoms with Crippen molar-refractivity contribution < 1.29 is 4.79 Å². The number of aromatic nitrogens is 4. The van der Waals surface area contributed by atoms with Crippen molar-refractivity contribution in [2.24, 2.45) is 7.05 Å². The number of hydrogen-bond acceptors (Lipinski definition) is 4. The summed E-state index contributed by atoms with van der Waals surface area (Å²) in [5, 5.41) is 9.50. The summed E-state index contributed by atoms with van der Waals surface area (Å²) in [6.07, 6.45) is 1.59. The Kier molecular flexibility index (Phi) is 3.74. The molecule has 2 aromatic rings. The minimum Gasteiger partial charge on any atom is -0.330 e. The molecule has 7 heteroatoms. The van der Waals surface area contributed by atoms with Crippen molar-refractivity contribution >= 4 is 11.7 Å². The van der Waals surface area contributed by atoms with E-state index in [2.05, 4.69) is 25.7 Å². The van der Waals surface area contributed by atoms with E-state index >= 15 is 0 Å². The largest absolute Gasteiger partial charge is 0.330 e. The van der Waals surface area contributed by atoms with E-state index in [1.165, 1.54) is 0 Å². The van der Waals surface area contributed by atoms with Crippen LogP contribution in [0.4, 0.5) is 10.5 Å². The molecule has 0 aliphatic carbocycles. The molecule has 100 valence electrons. The van der Waals surface area contributed by atoms with Crippen LogP contribution in [0.3, 0.4) is 0 Å². The molecule has 0 aromatic carbocycles. The fourth-order valence-electron chi connectivity index (χ4n) is 1.61. The maximum Gasteiger partial charge on any atom is 0.319 e. The van der Waals surface area contributed by atoms with Crippen molar-refractivity contribution in [3.8, 4) is 0 Å². The molecule has 0 radical (unpaired) electrons. The monoisotopic (exact) mass is 260 g/mol. The van der Waals surface area contributed by atoms with E-state index in [4.69, 9.17) is 0 Å². The van der Waals surface area contributed by atoms with E-state index in [1.807, 2.05) is 26.0 Å². The van der Waals surface area contributed by atoms with Crippen LogP contribution in [-0.2, 0) is 13.6 Å². The average molecular weight is 260 g/mol. The third-order valence-electron chi connectivity index (χ3n) is 2.53. The Hall–Kier alpha value is -2.44. The van der Waals surface area contributed by atoms with Crippen LogP contribution in [-0.4, -0.2) is 25.8 Å². The van der Waals surface area contributed by atoms with Crippen LogP contribution in [0, 0.1) is 13.8 Å². The number of carbonyl (C=O) groups excluding carboxylic acids is 1. The highest BCUT2D eigenvalue weighted by atomic mass is 16.2. The molecule has 0 aliphatic heterocycles. The fraction of sp³-hybridized carbons (Fsp3) is 0.333. The highest BCUT2D eigenvalue weighted by Gasteiger charge is 2.06. The highest BCUT2D eigenvalue weighted by Crippen LogP contribution is 2.12. The lowest BCUT2D eigenvalue weighted by Gasteiger charge is -2.08. The SMILES string of the molecule is Cc1ccc(NC(=O)NCc2ncn(C)n2)c(C)n1. The summed E-state index contributed by atoms with van der Waals surface area (Å²) < 4.78 is 1.59. The summed E-state index contributed by atoms with van der Waals surface area (Å²) in [7, 11) is 1.78. The second-order valence-corrected chi connectivity index (χ2v) is 4.23. The van der Waals surface area contributed by atoms with E-state index in [0.717, 1.165) is 11.4 Å². The van der Waals surface area contributed by atoms with Gasteiger partial charge in [0.15, 0.2) is 5.82 Å². The van der Waals surface area contributed by atoms with Crippen molar-refractivity contribution in [3.05, 3.63) is 35.7 Å². The summed E-state index contributed by atoms with van der Waals surface area (Å²) in [6.45, 7) is 4.04. The van der Waals surface area contributed by atoms with Gasteiger partial charge >= 0.3 is 6.03 Å². The maximum atomic E-state index is 11.7. The molecule has 7 nitrogen and oxygen atoms in total. The first-order chi connectivity index (χ1) is 9.04. The quantitative estimate of drug-likeness (QED) is 0.867. The van der Waals surface area contributed by atoms with Crippen LogP contribution in [0.1, 0.15) is 17.2 Å². The standard InChI is InChI=1S/C12H16N6O/c1-8-4-5-10(9(2)15-8)16-12(19)13-6-11-14-7-18(3)17-11/h4-5,7H,6H2,1-3H3,(H2,13,16,19). The summed E-state index contributed by atoms with van der Waals surface area (Å²) in [5.41, 5.74) is 2.39. The van der Waals surface area contributed by atoms with Gasteiger partial charge in [-0.25, -0.2) is 9.78 Å². The maximum absolute atomic E-state index is 11.7. The molecule has 0 atom stereocenters. The first kappa shape index (κ1) is 13.0. The summed E-state index contributed by atoms with van der Waals surface area (Å²) in [4.78, 5) is 20.0. The lowest BCUT2D eigenvalue weighted by atomic mass is 10.3. The second kappa shape index (κ2) is 5.47. The van der Waals surface area contributed by atoms with Crippen LogP contribution >= 0.6 is 0 Å². The van der Waals surface area contributed by atoms with Gasteiger partial charge in [0.25, 0.3) is 0 Å². The zero-order valence-corrected chi connectivity index (χ0v) is 11.1. The first-order valence-electron chi connectivity index (χ1n) is 5.88. The number of pyridine rings is 1. The van der Waals surface area contributed by atoms with Crippen molar-refractivity contribution in [2.45, 2.75) is 20.4 Å². The fourth-order valence-corrected chi connectivity index (χ4v) is 1.61. The molecular formula is C12H16N6O. The molecule has 2 aromatic heterocycles. The molecule has 2 heterocycles. The molecule has 0 bridgehead atoms. The number of amides is 2. The Morgan fingerprint density at radius 3 is 2.79 bits per heavy atom. The van der Waals surface area contributed by atoms with Crippen LogP contribution < -0.4 is 10.6 Å². The van der Waals surface area contributed by atoms with Crippen LogP contribution in [0.5, 0.6) is 0 Å². The van der Waals surface area contributed by atoms with E-state index in [1.54, 1.807) is 18.1 Å². The van der Waals surface area contributed by atoms with Gasteiger partial charge in [-0.05, 0) is 26.0 Å². The first-order valence-corrected chi connectivity index (χ1v) is 5.88. The number of urea groups is 1. The van der Waals surface area contributed by atoms with Gasteiger partial charge in [0.2, 0.25) is 0 Å². The zero-order valence-electron chi connectivity index (χ0n) is 11.1. The zero-order chi connectivity index (χ0) is 13.8. The predicted octanol–water partition coefficient (Wildman–Crippen LogP) is 1.15. The van der Waals surface area contributed by atoms with Crippen LogP contribution in [0.25, 0.3) is 0 Å². The minimum atomic E-state index is -0.304. The number of aryl methyl sites for hydroxylation is 3. The lowest BCUT2D eigenvalue weighted by molar-refractivity contribution is 0.251. The number of anilines is 1. The average Bonchev–Trinajstić information content (AvgIpc) is 2.76. The topological polar surface area (TPSA) is 84.7 Å². The van der Waals surface area contributed by atoms with E-state index in [-0.39, 0.29) is 12.6 Å². The molecule has 2 rings (SSSR count). The number of carbonyl (C=O) groups is 1. The molecule has 2 N–H and O–H groups in total. The summed E-state index contributed by atoms with van der Waals surface area (Å²) >= 11 is 0. The second-order valence-electron chi connectivity index (χ2n) is 4.23. The van der Waals surface area contributed by atoms with Gasteiger partial charge in [-0.15, -0.1) is 0 Å². The van der Waals surface area contributed by atoms with Crippen molar-refractivity contribution in [2.75, 3.05) is 5.32 Å². The van der Waals surface area contributed by atoms with E-state index in [9.17, 15) is 4.79 Å². The van der Waals surface area contributed by atoms with Crippen LogP contribution in [0.2, 0.25) is 0 Å². The Labute approximate surface area is 111 Å². The molecule has 0 unspecified atom stereocenters. The Balaban J connectivity index is 1.90. The summed E-state index contributed by atoms with van der Waals surface area (Å²) in [6, 6.07) is 3.38. The molecule has 0 saturated heterocycles. The Morgan fingerprint density at radius 1 is 1.37 bits per heavy atom. The number of nitrogens with zero attached hydrogens (tertiary/aromatic N) is 4. The number of nitrogens with one attached hydrogen (secondary N) is 2. The Bertz CT molecular complexity index is 592. The molecule has 0 spiro atoms. The van der Waals surface area contributed by atoms with Gasteiger partial charge in [-0.1, -0.05) is 0 Å². The minimum absolute atomic E-state index is 0.283. The Morgan fingerprint density at radius 2 is 2.16 bits per heavy atom. The molecule has 2 amide bonds. The van der Waals surface area contributed by atoms with Gasteiger partial charge < -0.3 is 10.6 Å². The normalized spacial score (nSPS) is 10.3. The van der Waals surface area contributed by atoms with Crippen molar-refractivity contribution in [1.29, 1.82) is 0 Å².